The summed E-state index contributed by atoms with van der Waals surface area (Å²) in [6.07, 6.45) is 1.44. The van der Waals surface area contributed by atoms with Gasteiger partial charge in [-0.15, -0.1) is 0 Å². The Hall–Kier alpha value is -3.46. The van der Waals surface area contributed by atoms with E-state index in [1.807, 2.05) is 30.3 Å². The van der Waals surface area contributed by atoms with E-state index in [4.69, 9.17) is 4.74 Å². The molecule has 2 heterocycles. The van der Waals surface area contributed by atoms with E-state index in [9.17, 15) is 19.5 Å². The molecule has 2 aromatic carbocycles. The van der Waals surface area contributed by atoms with Crippen molar-refractivity contribution < 1.29 is 24.2 Å². The van der Waals surface area contributed by atoms with E-state index in [1.54, 1.807) is 23.1 Å². The maximum Gasteiger partial charge on any atom is 0.294 e. The van der Waals surface area contributed by atoms with Gasteiger partial charge in [0.15, 0.2) is 11.5 Å². The van der Waals surface area contributed by atoms with Crippen LogP contribution in [0.2, 0.25) is 0 Å². The number of amides is 3. The molecule has 0 aromatic heterocycles. The molecule has 0 spiro atoms. The molecule has 32 heavy (non-hydrogen) atoms. The van der Waals surface area contributed by atoms with Gasteiger partial charge in [-0.3, -0.25) is 19.3 Å². The second-order valence-electron chi connectivity index (χ2n) is 7.37. The van der Waals surface area contributed by atoms with Gasteiger partial charge in [-0.2, -0.15) is 0 Å². The number of aromatic hydroxyl groups is 1. The highest BCUT2D eigenvalue weighted by Crippen LogP contribution is 2.36. The molecule has 0 atom stereocenters. The number of hydrogen-bond acceptors (Lipinski definition) is 7. The lowest BCUT2D eigenvalue weighted by molar-refractivity contribution is -0.136. The molecule has 0 saturated carbocycles. The lowest BCUT2D eigenvalue weighted by Gasteiger charge is -2.36. The monoisotopic (exact) mass is 453 g/mol. The fourth-order valence-corrected chi connectivity index (χ4v) is 4.52. The molecule has 2 aliphatic rings. The molecule has 3 amide bonds. The number of piperazine rings is 1. The molecular weight excluding hydrogens is 430 g/mol. The van der Waals surface area contributed by atoms with Gasteiger partial charge in [-0.25, -0.2) is 0 Å². The lowest BCUT2D eigenvalue weighted by atomic mass is 10.1. The Kier molecular flexibility index (Phi) is 6.36. The largest absolute Gasteiger partial charge is 0.504 e. The number of ether oxygens (including phenoxy) is 1. The van der Waals surface area contributed by atoms with Crippen LogP contribution < -0.4 is 9.64 Å². The van der Waals surface area contributed by atoms with E-state index >= 15 is 0 Å². The van der Waals surface area contributed by atoms with Crippen molar-refractivity contribution in [3.05, 3.63) is 59.0 Å². The number of rotatable bonds is 5. The fraction of sp³-hybridized carbons (Fsp3) is 0.261. The summed E-state index contributed by atoms with van der Waals surface area (Å²) in [6.45, 7) is 2.13. The summed E-state index contributed by atoms with van der Waals surface area (Å²) >= 11 is 0.753. The molecule has 2 fully saturated rings. The zero-order valence-corrected chi connectivity index (χ0v) is 18.4. The summed E-state index contributed by atoms with van der Waals surface area (Å²) in [6, 6.07) is 14.9. The van der Waals surface area contributed by atoms with Crippen molar-refractivity contribution in [2.45, 2.75) is 0 Å². The van der Waals surface area contributed by atoms with Crippen LogP contribution in [0, 0.1) is 0 Å². The third-order valence-electron chi connectivity index (χ3n) is 5.46. The molecule has 1 N–H and O–H groups in total. The molecule has 2 aliphatic heterocycles. The Balaban J connectivity index is 1.39. The van der Waals surface area contributed by atoms with Gasteiger partial charge in [0.2, 0.25) is 5.91 Å². The fourth-order valence-electron chi connectivity index (χ4n) is 3.69. The Morgan fingerprint density at radius 2 is 1.78 bits per heavy atom. The molecule has 2 saturated heterocycles. The first kappa shape index (κ1) is 21.8. The van der Waals surface area contributed by atoms with Gasteiger partial charge in [0.1, 0.15) is 6.54 Å². The second kappa shape index (κ2) is 9.35. The highest BCUT2D eigenvalue weighted by molar-refractivity contribution is 8.18. The SMILES string of the molecule is COc1cccc(/C=C2\SC(=O)N(CC(=O)N3CCN(c4ccccc4)CC3)C2=O)c1O. The van der Waals surface area contributed by atoms with Crippen molar-refractivity contribution in [3.8, 4) is 11.5 Å². The number of carbonyl (C=O) groups excluding carboxylic acids is 3. The van der Waals surface area contributed by atoms with E-state index in [0.717, 1.165) is 22.3 Å². The van der Waals surface area contributed by atoms with Crippen molar-refractivity contribution in [2.75, 3.05) is 44.7 Å². The number of nitrogens with zero attached hydrogens (tertiary/aromatic N) is 3. The van der Waals surface area contributed by atoms with Gasteiger partial charge in [-0.05, 0) is 36.0 Å². The molecule has 0 radical (unpaired) electrons. The Morgan fingerprint density at radius 1 is 1.06 bits per heavy atom. The van der Waals surface area contributed by atoms with Gasteiger partial charge >= 0.3 is 0 Å². The summed E-state index contributed by atoms with van der Waals surface area (Å²) in [4.78, 5) is 42.9. The molecule has 166 valence electrons. The molecule has 8 nitrogen and oxygen atoms in total. The standard InChI is InChI=1S/C23H23N3O5S/c1-31-18-9-5-6-16(21(18)28)14-19-22(29)26(23(30)32-19)15-20(27)25-12-10-24(11-13-25)17-7-3-2-4-8-17/h2-9,14,28H,10-13,15H2,1H3/b19-14-. The molecule has 4 rings (SSSR count). The summed E-state index contributed by atoms with van der Waals surface area (Å²) < 4.78 is 5.07. The summed E-state index contributed by atoms with van der Waals surface area (Å²) in [7, 11) is 1.43. The van der Waals surface area contributed by atoms with E-state index in [0.29, 0.717) is 31.7 Å². The van der Waals surface area contributed by atoms with Crippen LogP contribution in [-0.4, -0.2) is 71.8 Å². The molecule has 0 aliphatic carbocycles. The average Bonchev–Trinajstić information content (AvgIpc) is 3.08. The minimum atomic E-state index is -0.543. The van der Waals surface area contributed by atoms with E-state index in [2.05, 4.69) is 4.90 Å². The number of imide groups is 1. The number of carbonyl (C=O) groups is 3. The number of phenolic OH excluding ortho intramolecular Hbond substituents is 1. The zero-order valence-electron chi connectivity index (χ0n) is 17.6. The third kappa shape index (κ3) is 4.43. The molecular formula is C23H23N3O5S. The summed E-state index contributed by atoms with van der Waals surface area (Å²) in [5.74, 6) is -0.652. The van der Waals surface area contributed by atoms with Crippen LogP contribution in [0.15, 0.2) is 53.4 Å². The van der Waals surface area contributed by atoms with E-state index in [-0.39, 0.29) is 28.9 Å². The predicted molar refractivity (Wildman–Crippen MR) is 123 cm³/mol. The quantitative estimate of drug-likeness (QED) is 0.696. The Labute approximate surface area is 190 Å². The Morgan fingerprint density at radius 3 is 2.47 bits per heavy atom. The second-order valence-corrected chi connectivity index (χ2v) is 8.36. The van der Waals surface area contributed by atoms with E-state index < -0.39 is 11.1 Å². The maximum absolute atomic E-state index is 12.8. The number of thioether (sulfide) groups is 1. The minimum Gasteiger partial charge on any atom is -0.504 e. The first-order valence-electron chi connectivity index (χ1n) is 10.2. The number of benzene rings is 2. The van der Waals surface area contributed by atoms with Gasteiger partial charge in [0.05, 0.1) is 12.0 Å². The van der Waals surface area contributed by atoms with Gasteiger partial charge in [0, 0.05) is 37.4 Å². The van der Waals surface area contributed by atoms with Crippen molar-refractivity contribution in [3.63, 3.8) is 0 Å². The van der Waals surface area contributed by atoms with Crippen molar-refractivity contribution in [1.29, 1.82) is 0 Å². The van der Waals surface area contributed by atoms with Gasteiger partial charge in [-0.1, -0.05) is 30.3 Å². The topological polar surface area (TPSA) is 90.4 Å². The number of methoxy groups -OCH3 is 1. The smallest absolute Gasteiger partial charge is 0.294 e. The minimum absolute atomic E-state index is 0.117. The van der Waals surface area contributed by atoms with Crippen LogP contribution in [-0.2, 0) is 9.59 Å². The highest BCUT2D eigenvalue weighted by atomic mass is 32.2. The zero-order chi connectivity index (χ0) is 22.7. The van der Waals surface area contributed by atoms with Crippen LogP contribution in [0.4, 0.5) is 10.5 Å². The van der Waals surface area contributed by atoms with E-state index in [1.165, 1.54) is 13.2 Å². The van der Waals surface area contributed by atoms with Crippen molar-refractivity contribution >= 4 is 40.6 Å². The number of phenols is 1. The van der Waals surface area contributed by atoms with Gasteiger partial charge < -0.3 is 19.6 Å². The molecule has 9 heteroatoms. The molecule has 0 bridgehead atoms. The summed E-state index contributed by atoms with van der Waals surface area (Å²) in [5.41, 5.74) is 1.47. The molecule has 0 unspecified atom stereocenters. The average molecular weight is 454 g/mol. The van der Waals surface area contributed by atoms with Crippen LogP contribution in [0.1, 0.15) is 5.56 Å². The summed E-state index contributed by atoms with van der Waals surface area (Å²) in [5, 5.41) is 9.73. The first-order valence-corrected chi connectivity index (χ1v) is 11.0. The van der Waals surface area contributed by atoms with Crippen LogP contribution >= 0.6 is 11.8 Å². The normalized spacial score (nSPS) is 17.9. The first-order chi connectivity index (χ1) is 15.5. The number of para-hydroxylation sites is 2. The number of anilines is 1. The lowest BCUT2D eigenvalue weighted by Crippen LogP contribution is -2.51. The third-order valence-corrected chi connectivity index (χ3v) is 6.36. The highest BCUT2D eigenvalue weighted by Gasteiger charge is 2.37. The molecule has 2 aromatic rings. The number of hydrogen-bond donors (Lipinski definition) is 1. The van der Waals surface area contributed by atoms with Crippen LogP contribution in [0.5, 0.6) is 11.5 Å². The van der Waals surface area contributed by atoms with Crippen LogP contribution in [0.3, 0.4) is 0 Å². The van der Waals surface area contributed by atoms with Gasteiger partial charge in [0.25, 0.3) is 11.1 Å². The van der Waals surface area contributed by atoms with Crippen molar-refractivity contribution in [1.82, 2.24) is 9.80 Å². The maximum atomic E-state index is 12.8. The Bertz CT molecular complexity index is 1060. The predicted octanol–water partition coefficient (Wildman–Crippen LogP) is 2.79. The van der Waals surface area contributed by atoms with Crippen LogP contribution in [0.25, 0.3) is 6.08 Å². The van der Waals surface area contributed by atoms with Crippen molar-refractivity contribution in [2.24, 2.45) is 0 Å².